The summed E-state index contributed by atoms with van der Waals surface area (Å²) in [5.74, 6) is 1.98. The molecular weight excluding hydrogens is 240 g/mol. The molecule has 2 unspecified atom stereocenters. The average Bonchev–Trinajstić information content (AvgIpc) is 2.75. The van der Waals surface area contributed by atoms with Gasteiger partial charge in [-0.3, -0.25) is 0 Å². The molecule has 0 N–H and O–H groups in total. The van der Waals surface area contributed by atoms with Gasteiger partial charge < -0.3 is 0 Å². The quantitative estimate of drug-likeness (QED) is 0.700. The van der Waals surface area contributed by atoms with Crippen molar-refractivity contribution in [3.8, 4) is 0 Å². The molecule has 4 heteroatoms. The van der Waals surface area contributed by atoms with Gasteiger partial charge in [0, 0.05) is 4.83 Å². The maximum absolute atomic E-state index is 11.2. The van der Waals surface area contributed by atoms with Crippen LogP contribution in [-0.2, 0) is 9.84 Å². The number of hydrogen-bond acceptors (Lipinski definition) is 2. The van der Waals surface area contributed by atoms with Gasteiger partial charge in [-0.15, -0.1) is 0 Å². The number of hydrogen-bond donors (Lipinski definition) is 0. The predicted octanol–water partition coefficient (Wildman–Crippen LogP) is 1.59. The molecule has 0 radical (unpaired) electrons. The highest BCUT2D eigenvalue weighted by molar-refractivity contribution is 9.09. The molecule has 1 saturated carbocycles. The van der Waals surface area contributed by atoms with Crippen LogP contribution in [0, 0.1) is 11.8 Å². The van der Waals surface area contributed by atoms with Crippen LogP contribution in [0.2, 0.25) is 0 Å². The topological polar surface area (TPSA) is 34.1 Å². The van der Waals surface area contributed by atoms with E-state index in [0.29, 0.717) is 22.3 Å². The van der Waals surface area contributed by atoms with Crippen LogP contribution in [0.25, 0.3) is 0 Å². The fourth-order valence-corrected chi connectivity index (χ4v) is 4.96. The zero-order chi connectivity index (χ0) is 8.77. The molecule has 0 aromatic rings. The third kappa shape index (κ3) is 1.84. The largest absolute Gasteiger partial charge is 0.229 e. The second-order valence-electron chi connectivity index (χ2n) is 3.94. The predicted molar refractivity (Wildman–Crippen MR) is 52.2 cm³/mol. The molecular formula is C8H13BrO2S. The Morgan fingerprint density at radius 2 is 1.83 bits per heavy atom. The number of sulfone groups is 1. The van der Waals surface area contributed by atoms with E-state index in [4.69, 9.17) is 0 Å². The van der Waals surface area contributed by atoms with Crippen LogP contribution in [0.1, 0.15) is 19.3 Å². The highest BCUT2D eigenvalue weighted by Gasteiger charge is 2.39. The number of halogens is 1. The summed E-state index contributed by atoms with van der Waals surface area (Å²) in [4.78, 5) is 0.467. The first-order valence-corrected chi connectivity index (χ1v) is 7.17. The van der Waals surface area contributed by atoms with Gasteiger partial charge in [-0.05, 0) is 31.1 Å². The van der Waals surface area contributed by atoms with Gasteiger partial charge in [0.15, 0.2) is 9.84 Å². The first-order chi connectivity index (χ1) is 5.58. The van der Waals surface area contributed by atoms with Crippen molar-refractivity contribution in [2.24, 2.45) is 11.8 Å². The Labute approximate surface area is 81.8 Å². The Morgan fingerprint density at radius 1 is 1.17 bits per heavy atom. The van der Waals surface area contributed by atoms with Crippen LogP contribution >= 0.6 is 15.9 Å². The molecule has 2 nitrogen and oxygen atoms in total. The lowest BCUT2D eigenvalue weighted by Gasteiger charge is -2.14. The summed E-state index contributed by atoms with van der Waals surface area (Å²) in [6.45, 7) is 0. The molecule has 0 spiro atoms. The van der Waals surface area contributed by atoms with E-state index >= 15 is 0 Å². The molecule has 12 heavy (non-hydrogen) atoms. The van der Waals surface area contributed by atoms with Gasteiger partial charge in [-0.1, -0.05) is 15.9 Å². The lowest BCUT2D eigenvalue weighted by molar-refractivity contribution is 0.530. The van der Waals surface area contributed by atoms with Crippen LogP contribution < -0.4 is 0 Å². The van der Waals surface area contributed by atoms with Gasteiger partial charge >= 0.3 is 0 Å². The molecule has 1 aliphatic heterocycles. The molecule has 0 aromatic heterocycles. The van der Waals surface area contributed by atoms with Gasteiger partial charge in [-0.2, -0.15) is 0 Å². The van der Waals surface area contributed by atoms with E-state index in [0.717, 1.165) is 12.3 Å². The van der Waals surface area contributed by atoms with Crippen molar-refractivity contribution < 1.29 is 8.42 Å². The lowest BCUT2D eigenvalue weighted by atomic mass is 10.0. The maximum Gasteiger partial charge on any atom is 0.150 e. The molecule has 2 aliphatic rings. The van der Waals surface area contributed by atoms with Crippen LogP contribution in [0.5, 0.6) is 0 Å². The number of alkyl halides is 1. The Kier molecular flexibility index (Phi) is 2.24. The van der Waals surface area contributed by atoms with Gasteiger partial charge in [0.25, 0.3) is 0 Å². The third-order valence-electron chi connectivity index (χ3n) is 2.79. The smallest absolute Gasteiger partial charge is 0.150 e. The first-order valence-electron chi connectivity index (χ1n) is 4.43. The minimum Gasteiger partial charge on any atom is -0.229 e. The van der Waals surface area contributed by atoms with E-state index in [2.05, 4.69) is 15.9 Å². The lowest BCUT2D eigenvalue weighted by Crippen LogP contribution is -2.17. The van der Waals surface area contributed by atoms with Gasteiger partial charge in [-0.25, -0.2) is 8.42 Å². The molecule has 70 valence electrons. The molecule has 2 atom stereocenters. The number of rotatable bonds is 2. The Balaban J connectivity index is 1.98. The normalized spacial score (nSPS) is 36.6. The molecule has 2 fully saturated rings. The Morgan fingerprint density at radius 3 is 2.25 bits per heavy atom. The highest BCUT2D eigenvalue weighted by Crippen LogP contribution is 2.42. The molecule has 1 aliphatic carbocycles. The fourth-order valence-electron chi connectivity index (χ4n) is 1.87. The van der Waals surface area contributed by atoms with E-state index in [1.165, 1.54) is 12.8 Å². The molecule has 1 heterocycles. The van der Waals surface area contributed by atoms with Crippen molar-refractivity contribution in [2.45, 2.75) is 24.1 Å². The standard InChI is InChI=1S/C8H13BrO2S/c9-8(6-1-2-6)7-3-4-12(10,11)5-7/h6-8H,1-5H2. The van der Waals surface area contributed by atoms with E-state index in [1.54, 1.807) is 0 Å². The van der Waals surface area contributed by atoms with Crippen molar-refractivity contribution in [2.75, 3.05) is 11.5 Å². The maximum atomic E-state index is 11.2. The first kappa shape index (κ1) is 9.00. The summed E-state index contributed by atoms with van der Waals surface area (Å²) in [7, 11) is -2.68. The van der Waals surface area contributed by atoms with Crippen LogP contribution in [0.4, 0.5) is 0 Å². The van der Waals surface area contributed by atoms with Gasteiger partial charge in [0.05, 0.1) is 11.5 Å². The van der Waals surface area contributed by atoms with Crippen molar-refractivity contribution in [1.29, 1.82) is 0 Å². The highest BCUT2D eigenvalue weighted by atomic mass is 79.9. The summed E-state index contributed by atoms with van der Waals surface area (Å²) in [6.07, 6.45) is 3.44. The monoisotopic (exact) mass is 252 g/mol. The summed E-state index contributed by atoms with van der Waals surface area (Å²) in [5.41, 5.74) is 0. The molecule has 2 rings (SSSR count). The zero-order valence-electron chi connectivity index (χ0n) is 6.87. The molecule has 1 saturated heterocycles. The van der Waals surface area contributed by atoms with Gasteiger partial charge in [0.2, 0.25) is 0 Å². The van der Waals surface area contributed by atoms with Crippen LogP contribution in [0.3, 0.4) is 0 Å². The minimum atomic E-state index is -2.68. The Hall–Kier alpha value is 0.430. The van der Waals surface area contributed by atoms with E-state index in [-0.39, 0.29) is 0 Å². The summed E-state index contributed by atoms with van der Waals surface area (Å²) >= 11 is 3.62. The van der Waals surface area contributed by atoms with E-state index < -0.39 is 9.84 Å². The van der Waals surface area contributed by atoms with Crippen molar-refractivity contribution in [3.05, 3.63) is 0 Å². The van der Waals surface area contributed by atoms with Crippen molar-refractivity contribution >= 4 is 25.8 Å². The summed E-state index contributed by atoms with van der Waals surface area (Å²) < 4.78 is 22.3. The molecule has 0 aromatic carbocycles. The second kappa shape index (κ2) is 2.98. The summed E-state index contributed by atoms with van der Waals surface area (Å²) in [5, 5.41) is 0. The van der Waals surface area contributed by atoms with E-state index in [1.807, 2.05) is 0 Å². The van der Waals surface area contributed by atoms with Gasteiger partial charge in [0.1, 0.15) is 0 Å². The minimum absolute atomic E-state index is 0.391. The average molecular weight is 253 g/mol. The SMILES string of the molecule is O=S1(=O)CCC(C(Br)C2CC2)C1. The Bertz CT molecular complexity index is 269. The second-order valence-corrected chi connectivity index (χ2v) is 7.23. The molecule has 0 bridgehead atoms. The van der Waals surface area contributed by atoms with Crippen LogP contribution in [-0.4, -0.2) is 24.8 Å². The fraction of sp³-hybridized carbons (Fsp3) is 1.00. The van der Waals surface area contributed by atoms with E-state index in [9.17, 15) is 8.42 Å². The summed E-state index contributed by atoms with van der Waals surface area (Å²) in [6, 6.07) is 0. The third-order valence-corrected chi connectivity index (χ3v) is 6.08. The van der Waals surface area contributed by atoms with Crippen LogP contribution in [0.15, 0.2) is 0 Å². The van der Waals surface area contributed by atoms with Crippen molar-refractivity contribution in [3.63, 3.8) is 0 Å². The zero-order valence-corrected chi connectivity index (χ0v) is 9.27. The molecule has 0 amide bonds. The van der Waals surface area contributed by atoms with Crippen molar-refractivity contribution in [1.82, 2.24) is 0 Å².